The Morgan fingerprint density at radius 1 is 1.00 bits per heavy atom. The number of benzene rings is 1. The molecule has 1 aromatic carbocycles. The van der Waals surface area contributed by atoms with Crippen molar-refractivity contribution in [2.45, 2.75) is 118 Å². The van der Waals surface area contributed by atoms with Crippen LogP contribution in [0.3, 0.4) is 0 Å². The second-order valence-electron chi connectivity index (χ2n) is 11.1. The van der Waals surface area contributed by atoms with E-state index in [0.29, 0.717) is 25.1 Å². The highest BCUT2D eigenvalue weighted by Crippen LogP contribution is 2.27. The monoisotopic (exact) mass is 533 g/mol. The zero-order valence-corrected chi connectivity index (χ0v) is 24.6. The van der Waals surface area contributed by atoms with Gasteiger partial charge in [0.1, 0.15) is 23.4 Å². The lowest BCUT2D eigenvalue weighted by atomic mass is 9.95. The second kappa shape index (κ2) is 16.9. The molecule has 0 aliphatic heterocycles. The van der Waals surface area contributed by atoms with Crippen LogP contribution in [0.2, 0.25) is 0 Å². The molecule has 3 amide bonds. The van der Waals surface area contributed by atoms with Crippen LogP contribution in [-0.4, -0.2) is 52.6 Å². The van der Waals surface area contributed by atoms with Crippen molar-refractivity contribution in [3.8, 4) is 5.75 Å². The smallest absolute Gasteiger partial charge is 0.408 e. The van der Waals surface area contributed by atoms with E-state index in [4.69, 9.17) is 4.74 Å². The molecular weight excluding hydrogens is 482 g/mol. The Bertz CT molecular complexity index is 868. The van der Waals surface area contributed by atoms with Crippen molar-refractivity contribution >= 4 is 17.9 Å². The third-order valence-electron chi connectivity index (χ3n) is 6.51. The fourth-order valence-electron chi connectivity index (χ4n) is 4.22. The molecular formula is C30H51N3O5. The highest BCUT2D eigenvalue weighted by Gasteiger charge is 2.38. The lowest BCUT2D eigenvalue weighted by Crippen LogP contribution is -2.55. The zero-order chi connectivity index (χ0) is 28.7. The molecule has 1 aromatic rings. The number of ether oxygens (including phenoxy) is 1. The number of alkyl carbamates (subject to hydrolysis) is 1. The average molecular weight is 534 g/mol. The Hall–Kier alpha value is -2.77. The lowest BCUT2D eigenvalue weighted by Gasteiger charge is -2.36. The van der Waals surface area contributed by atoms with Crippen LogP contribution in [0.15, 0.2) is 24.3 Å². The molecule has 38 heavy (non-hydrogen) atoms. The van der Waals surface area contributed by atoms with E-state index in [1.807, 2.05) is 13.8 Å². The number of carbonyl (C=O) groups is 3. The molecule has 0 aliphatic carbocycles. The number of unbranched alkanes of at least 4 members (excludes halogenated alkanes) is 5. The van der Waals surface area contributed by atoms with Crippen LogP contribution >= 0.6 is 0 Å². The number of hydrogen-bond acceptors (Lipinski definition) is 5. The molecule has 1 rings (SSSR count). The summed E-state index contributed by atoms with van der Waals surface area (Å²) in [5, 5.41) is 16.0. The van der Waals surface area contributed by atoms with Crippen LogP contribution in [0.4, 0.5) is 4.79 Å². The number of phenols is 1. The minimum absolute atomic E-state index is 0.0232. The zero-order valence-electron chi connectivity index (χ0n) is 24.6. The van der Waals surface area contributed by atoms with Crippen LogP contribution < -0.4 is 10.6 Å². The first kappa shape index (κ1) is 33.3. The number of amides is 3. The van der Waals surface area contributed by atoms with Crippen molar-refractivity contribution < 1.29 is 24.2 Å². The summed E-state index contributed by atoms with van der Waals surface area (Å²) in [6, 6.07) is 4.69. The number of hydrogen-bond donors (Lipinski definition) is 3. The van der Waals surface area contributed by atoms with E-state index in [2.05, 4.69) is 24.5 Å². The van der Waals surface area contributed by atoms with E-state index in [1.54, 1.807) is 43.9 Å². The van der Waals surface area contributed by atoms with Gasteiger partial charge >= 0.3 is 6.09 Å². The Labute approximate surface area is 229 Å². The quantitative estimate of drug-likeness (QED) is 0.223. The molecule has 0 bridgehead atoms. The fraction of sp³-hybridized carbons (Fsp3) is 0.700. The summed E-state index contributed by atoms with van der Waals surface area (Å²) in [5.41, 5.74) is -0.183. The maximum atomic E-state index is 14.2. The summed E-state index contributed by atoms with van der Waals surface area (Å²) >= 11 is 0. The van der Waals surface area contributed by atoms with Crippen molar-refractivity contribution in [3.63, 3.8) is 0 Å². The second-order valence-corrected chi connectivity index (χ2v) is 11.1. The van der Waals surface area contributed by atoms with Crippen LogP contribution in [0.25, 0.3) is 0 Å². The van der Waals surface area contributed by atoms with E-state index in [0.717, 1.165) is 44.9 Å². The number of carbonyl (C=O) groups excluding carboxylic acids is 3. The molecule has 0 fully saturated rings. The largest absolute Gasteiger partial charge is 0.508 e. The van der Waals surface area contributed by atoms with Crippen molar-refractivity contribution in [1.29, 1.82) is 0 Å². The number of phenolic OH excluding ortho intramolecular Hbond substituents is 1. The molecule has 0 aliphatic rings. The SMILES string of the molecule is CCCCCCN(C(=O)C(NC(=O)OC(C)(C)C)C(C)CC)C(C(=O)NCCCCC)c1cccc(O)c1. The number of aromatic hydroxyl groups is 1. The van der Waals surface area contributed by atoms with Crippen molar-refractivity contribution in [2.24, 2.45) is 5.92 Å². The van der Waals surface area contributed by atoms with E-state index >= 15 is 0 Å². The van der Waals surface area contributed by atoms with Crippen LogP contribution in [-0.2, 0) is 14.3 Å². The first-order valence-electron chi connectivity index (χ1n) is 14.3. The molecule has 0 heterocycles. The molecule has 0 saturated heterocycles. The third kappa shape index (κ3) is 11.7. The third-order valence-corrected chi connectivity index (χ3v) is 6.51. The minimum atomic E-state index is -0.940. The van der Waals surface area contributed by atoms with Gasteiger partial charge in [-0.25, -0.2) is 4.79 Å². The molecule has 8 nitrogen and oxygen atoms in total. The molecule has 0 aromatic heterocycles. The van der Waals surface area contributed by atoms with Gasteiger partial charge in [0.15, 0.2) is 0 Å². The Kier molecular flexibility index (Phi) is 14.8. The van der Waals surface area contributed by atoms with Gasteiger partial charge in [-0.2, -0.15) is 0 Å². The molecule has 0 saturated carbocycles. The molecule has 0 spiro atoms. The summed E-state index contributed by atoms with van der Waals surface area (Å²) in [4.78, 5) is 42.1. The molecule has 3 atom stereocenters. The van der Waals surface area contributed by atoms with Gasteiger partial charge in [0.25, 0.3) is 0 Å². The van der Waals surface area contributed by atoms with Gasteiger partial charge in [-0.05, 0) is 57.2 Å². The fourth-order valence-corrected chi connectivity index (χ4v) is 4.22. The summed E-state index contributed by atoms with van der Waals surface area (Å²) in [5.74, 6) is -0.796. The number of nitrogens with one attached hydrogen (secondary N) is 2. The lowest BCUT2D eigenvalue weighted by molar-refractivity contribution is -0.143. The highest BCUT2D eigenvalue weighted by molar-refractivity contribution is 5.92. The molecule has 216 valence electrons. The summed E-state index contributed by atoms with van der Waals surface area (Å²) < 4.78 is 5.46. The molecule has 3 unspecified atom stereocenters. The van der Waals surface area contributed by atoms with Gasteiger partial charge < -0.3 is 25.4 Å². The van der Waals surface area contributed by atoms with E-state index < -0.39 is 23.8 Å². The maximum Gasteiger partial charge on any atom is 0.408 e. The average Bonchev–Trinajstić information content (AvgIpc) is 2.85. The van der Waals surface area contributed by atoms with Gasteiger partial charge in [-0.3, -0.25) is 9.59 Å². The van der Waals surface area contributed by atoms with E-state index in [-0.39, 0.29) is 23.5 Å². The standard InChI is InChI=1S/C30H51N3O5/c1-8-11-13-15-20-33(28(36)25(22(4)10-3)32-29(37)38-30(5,6)7)26(23-17-16-18-24(34)21-23)27(35)31-19-14-12-9-2/h16-18,21-22,25-26,34H,8-15,19-20H2,1-7H3,(H,31,35)(H,32,37). The van der Waals surface area contributed by atoms with Gasteiger partial charge in [0.05, 0.1) is 0 Å². The van der Waals surface area contributed by atoms with E-state index in [1.165, 1.54) is 6.07 Å². The van der Waals surface area contributed by atoms with Gasteiger partial charge in [-0.15, -0.1) is 0 Å². The van der Waals surface area contributed by atoms with Gasteiger partial charge in [0, 0.05) is 13.1 Å². The Balaban J connectivity index is 3.45. The predicted octanol–water partition coefficient (Wildman–Crippen LogP) is 6.09. The highest BCUT2D eigenvalue weighted by atomic mass is 16.6. The normalized spacial score (nSPS) is 13.8. The maximum absolute atomic E-state index is 14.2. The number of nitrogens with zero attached hydrogens (tertiary/aromatic N) is 1. The van der Waals surface area contributed by atoms with E-state index in [9.17, 15) is 19.5 Å². The van der Waals surface area contributed by atoms with Crippen molar-refractivity contribution in [1.82, 2.24) is 15.5 Å². The Morgan fingerprint density at radius 2 is 1.66 bits per heavy atom. The van der Waals surface area contributed by atoms with Crippen molar-refractivity contribution in [3.05, 3.63) is 29.8 Å². The van der Waals surface area contributed by atoms with Crippen molar-refractivity contribution in [2.75, 3.05) is 13.1 Å². The first-order chi connectivity index (χ1) is 17.9. The summed E-state index contributed by atoms with van der Waals surface area (Å²) in [7, 11) is 0. The molecule has 0 radical (unpaired) electrons. The van der Waals surface area contributed by atoms with Gasteiger partial charge in [0.2, 0.25) is 11.8 Å². The van der Waals surface area contributed by atoms with Crippen LogP contribution in [0.1, 0.15) is 111 Å². The predicted molar refractivity (Wildman–Crippen MR) is 152 cm³/mol. The topological polar surface area (TPSA) is 108 Å². The summed E-state index contributed by atoms with van der Waals surface area (Å²) in [6.45, 7) is 14.3. The Morgan fingerprint density at radius 3 is 2.24 bits per heavy atom. The van der Waals surface area contributed by atoms with Crippen LogP contribution in [0, 0.1) is 5.92 Å². The number of rotatable bonds is 16. The molecule has 3 N–H and O–H groups in total. The molecule has 8 heteroatoms. The van der Waals surface area contributed by atoms with Gasteiger partial charge in [-0.1, -0.05) is 78.4 Å². The van der Waals surface area contributed by atoms with Crippen LogP contribution in [0.5, 0.6) is 5.75 Å². The first-order valence-corrected chi connectivity index (χ1v) is 14.3. The summed E-state index contributed by atoms with van der Waals surface area (Å²) in [6.07, 6.45) is 6.54. The minimum Gasteiger partial charge on any atom is -0.508 e.